The average Bonchev–Trinajstić information content (AvgIpc) is 3.05. The van der Waals surface area contributed by atoms with Crippen LogP contribution in [0.15, 0.2) is 29.3 Å². The zero-order chi connectivity index (χ0) is 20.7. The normalized spacial score (nSPS) is 18.4. The van der Waals surface area contributed by atoms with E-state index in [2.05, 4.69) is 10.3 Å². The Morgan fingerprint density at radius 3 is 2.71 bits per heavy atom. The van der Waals surface area contributed by atoms with Crippen molar-refractivity contribution >= 4 is 50.1 Å². The van der Waals surface area contributed by atoms with E-state index >= 15 is 0 Å². The van der Waals surface area contributed by atoms with E-state index in [9.17, 15) is 13.2 Å². The molecule has 0 aliphatic carbocycles. The van der Waals surface area contributed by atoms with Gasteiger partial charge in [0.15, 0.2) is 0 Å². The van der Waals surface area contributed by atoms with Gasteiger partial charge in [-0.15, -0.1) is 0 Å². The van der Waals surface area contributed by atoms with Gasteiger partial charge in [-0.05, 0) is 33.3 Å². The summed E-state index contributed by atoms with van der Waals surface area (Å²) in [5.74, 6) is 0. The van der Waals surface area contributed by atoms with Gasteiger partial charge in [-0.1, -0.05) is 35.3 Å². The molecule has 2 aromatic rings. The molecule has 1 saturated heterocycles. The Balaban J connectivity index is 1.85. The minimum absolute atomic E-state index is 0.0669. The number of carbonyl (C=O) groups excluding carboxylic acids is 1. The first-order valence-electron chi connectivity index (χ1n) is 8.71. The van der Waals surface area contributed by atoms with Crippen LogP contribution >= 0.6 is 23.2 Å². The fourth-order valence-corrected chi connectivity index (χ4v) is 5.33. The zero-order valence-corrected chi connectivity index (χ0v) is 18.0. The van der Waals surface area contributed by atoms with Gasteiger partial charge in [0, 0.05) is 36.1 Å². The molecule has 0 bridgehead atoms. The number of alkyl carbamates (subject to hydrolysis) is 1. The van der Waals surface area contributed by atoms with Crippen molar-refractivity contribution in [3.63, 3.8) is 0 Å². The quantitative estimate of drug-likeness (QED) is 0.724. The van der Waals surface area contributed by atoms with Crippen molar-refractivity contribution < 1.29 is 17.9 Å². The summed E-state index contributed by atoms with van der Waals surface area (Å²) in [7, 11) is -3.84. The lowest BCUT2D eigenvalue weighted by Gasteiger charge is -2.22. The Kier molecular flexibility index (Phi) is 5.78. The first-order valence-corrected chi connectivity index (χ1v) is 10.9. The Labute approximate surface area is 174 Å². The predicted octanol–water partition coefficient (Wildman–Crippen LogP) is 3.83. The largest absolute Gasteiger partial charge is 0.444 e. The highest BCUT2D eigenvalue weighted by Crippen LogP contribution is 2.35. The number of halogens is 2. The van der Waals surface area contributed by atoms with Crippen LogP contribution in [0, 0.1) is 0 Å². The molecule has 3 rings (SSSR count). The third kappa shape index (κ3) is 4.35. The van der Waals surface area contributed by atoms with Gasteiger partial charge in [0.2, 0.25) is 10.0 Å². The number of fused-ring (bicyclic) bond motifs is 1. The molecule has 152 valence electrons. The zero-order valence-electron chi connectivity index (χ0n) is 15.7. The summed E-state index contributed by atoms with van der Waals surface area (Å²) >= 11 is 12.3. The molecule has 1 aliphatic rings. The Hall–Kier alpha value is -1.61. The van der Waals surface area contributed by atoms with Crippen molar-refractivity contribution in [2.45, 2.75) is 43.7 Å². The van der Waals surface area contributed by atoms with Crippen LogP contribution in [0.4, 0.5) is 4.79 Å². The van der Waals surface area contributed by atoms with Gasteiger partial charge in [-0.3, -0.25) is 0 Å². The van der Waals surface area contributed by atoms with Crippen molar-refractivity contribution in [1.82, 2.24) is 14.6 Å². The van der Waals surface area contributed by atoms with Gasteiger partial charge < -0.3 is 10.1 Å². The number of hydrogen-bond acceptors (Lipinski definition) is 5. The fraction of sp³-hybridized carbons (Fsp3) is 0.444. The first kappa shape index (κ1) is 21.1. The molecule has 0 radical (unpaired) electrons. The molecule has 1 fully saturated rings. The minimum atomic E-state index is -3.84. The summed E-state index contributed by atoms with van der Waals surface area (Å²) in [4.78, 5) is 16.0. The molecule has 7 nitrogen and oxygen atoms in total. The number of sulfonamides is 1. The van der Waals surface area contributed by atoms with E-state index in [4.69, 9.17) is 27.9 Å². The highest BCUT2D eigenvalue weighted by molar-refractivity contribution is 7.89. The van der Waals surface area contributed by atoms with Gasteiger partial charge in [0.05, 0.1) is 9.92 Å². The second-order valence-electron chi connectivity index (χ2n) is 7.57. The monoisotopic (exact) mass is 445 g/mol. The van der Waals surface area contributed by atoms with Crippen molar-refractivity contribution in [3.8, 4) is 0 Å². The number of benzene rings is 1. The summed E-state index contributed by atoms with van der Waals surface area (Å²) in [5, 5.41) is 3.93. The molecular formula is C18H21Cl2N3O4S. The van der Waals surface area contributed by atoms with Crippen LogP contribution in [-0.4, -0.2) is 48.5 Å². The lowest BCUT2D eigenvalue weighted by atomic mass is 10.2. The van der Waals surface area contributed by atoms with Gasteiger partial charge >= 0.3 is 6.09 Å². The highest BCUT2D eigenvalue weighted by atomic mass is 35.5. The van der Waals surface area contributed by atoms with Crippen LogP contribution in [-0.2, 0) is 14.8 Å². The van der Waals surface area contributed by atoms with E-state index in [0.29, 0.717) is 17.2 Å². The molecule has 1 aliphatic heterocycles. The number of pyridine rings is 1. The van der Waals surface area contributed by atoms with Crippen LogP contribution in [0.25, 0.3) is 10.8 Å². The van der Waals surface area contributed by atoms with E-state index in [1.54, 1.807) is 32.9 Å². The molecule has 1 aromatic heterocycles. The summed E-state index contributed by atoms with van der Waals surface area (Å²) in [6.07, 6.45) is 1.25. The van der Waals surface area contributed by atoms with E-state index in [1.807, 2.05) is 0 Å². The maximum Gasteiger partial charge on any atom is 0.407 e. The van der Waals surface area contributed by atoms with Crippen molar-refractivity contribution in [3.05, 3.63) is 34.6 Å². The van der Waals surface area contributed by atoms with Crippen LogP contribution in [0.3, 0.4) is 0 Å². The second-order valence-corrected chi connectivity index (χ2v) is 10.2. The molecule has 1 aromatic carbocycles. The summed E-state index contributed by atoms with van der Waals surface area (Å²) in [5.41, 5.74) is -0.624. The summed E-state index contributed by atoms with van der Waals surface area (Å²) in [6.45, 7) is 5.72. The van der Waals surface area contributed by atoms with Crippen LogP contribution in [0.1, 0.15) is 27.2 Å². The third-order valence-corrected chi connectivity index (χ3v) is 6.76. The molecule has 1 atom stereocenters. The van der Waals surface area contributed by atoms with E-state index in [-0.39, 0.29) is 34.2 Å². The van der Waals surface area contributed by atoms with Crippen LogP contribution < -0.4 is 5.32 Å². The number of rotatable bonds is 3. The number of ether oxygens (including phenoxy) is 1. The summed E-state index contributed by atoms with van der Waals surface area (Å²) < 4.78 is 33.0. The maximum atomic E-state index is 13.2. The van der Waals surface area contributed by atoms with Gasteiger partial charge in [0.25, 0.3) is 0 Å². The maximum absolute atomic E-state index is 13.2. The first-order chi connectivity index (χ1) is 13.0. The standard InChI is InChI=1S/C18H21Cl2N3O4S/c1-18(2,3)27-17(24)22-11-7-8-23(10-11)28(25,26)14-6-4-5-12-15(14)13(19)9-21-16(12)20/h4-6,9,11H,7-8,10H2,1-3H3,(H,22,24). The number of aromatic nitrogens is 1. The molecule has 1 N–H and O–H groups in total. The second kappa shape index (κ2) is 7.67. The van der Waals surface area contributed by atoms with E-state index < -0.39 is 21.7 Å². The predicted molar refractivity (Wildman–Crippen MR) is 108 cm³/mol. The Bertz CT molecular complexity index is 1020. The number of carbonyl (C=O) groups is 1. The Morgan fingerprint density at radius 2 is 2.04 bits per heavy atom. The molecular weight excluding hydrogens is 425 g/mol. The van der Waals surface area contributed by atoms with Crippen molar-refractivity contribution in [1.29, 1.82) is 0 Å². The number of amides is 1. The molecule has 1 unspecified atom stereocenters. The fourth-order valence-electron chi connectivity index (χ4n) is 3.09. The minimum Gasteiger partial charge on any atom is -0.444 e. The average molecular weight is 446 g/mol. The van der Waals surface area contributed by atoms with Crippen LogP contribution in [0.2, 0.25) is 10.2 Å². The van der Waals surface area contributed by atoms with Crippen molar-refractivity contribution in [2.75, 3.05) is 13.1 Å². The lowest BCUT2D eigenvalue weighted by Crippen LogP contribution is -2.41. The SMILES string of the molecule is CC(C)(C)OC(=O)NC1CCN(S(=O)(=O)c2cccc3c(Cl)ncc(Cl)c23)C1. The third-order valence-electron chi connectivity index (χ3n) is 4.27. The Morgan fingerprint density at radius 1 is 1.32 bits per heavy atom. The molecule has 0 spiro atoms. The van der Waals surface area contributed by atoms with Gasteiger partial charge in [0.1, 0.15) is 10.8 Å². The van der Waals surface area contributed by atoms with Crippen LogP contribution in [0.5, 0.6) is 0 Å². The summed E-state index contributed by atoms with van der Waals surface area (Å²) in [6, 6.07) is 4.44. The molecule has 28 heavy (non-hydrogen) atoms. The molecule has 2 heterocycles. The molecule has 1 amide bonds. The van der Waals surface area contributed by atoms with Gasteiger partial charge in [-0.25, -0.2) is 18.2 Å². The van der Waals surface area contributed by atoms with E-state index in [1.165, 1.54) is 16.6 Å². The topological polar surface area (TPSA) is 88.6 Å². The smallest absolute Gasteiger partial charge is 0.407 e. The molecule has 0 saturated carbocycles. The number of nitrogens with zero attached hydrogens (tertiary/aromatic N) is 2. The van der Waals surface area contributed by atoms with E-state index in [0.717, 1.165) is 0 Å². The highest BCUT2D eigenvalue weighted by Gasteiger charge is 2.35. The number of hydrogen-bond donors (Lipinski definition) is 1. The number of nitrogens with one attached hydrogen (secondary N) is 1. The van der Waals surface area contributed by atoms with Gasteiger partial charge in [-0.2, -0.15) is 4.31 Å². The lowest BCUT2D eigenvalue weighted by molar-refractivity contribution is 0.0507. The molecule has 10 heteroatoms. The van der Waals surface area contributed by atoms with Crippen molar-refractivity contribution in [2.24, 2.45) is 0 Å².